The van der Waals surface area contributed by atoms with Crippen LogP contribution < -0.4 is 15.8 Å². The lowest BCUT2D eigenvalue weighted by molar-refractivity contribution is 0.102. The van der Waals surface area contributed by atoms with E-state index in [-0.39, 0.29) is 17.3 Å². The maximum atomic E-state index is 12.2. The summed E-state index contributed by atoms with van der Waals surface area (Å²) in [6.07, 6.45) is 0. The molecule has 0 radical (unpaired) electrons. The number of phenolic OH excluding ortho intramolecular Hbond substituents is 1. The summed E-state index contributed by atoms with van der Waals surface area (Å²) in [5, 5.41) is 12.4. The van der Waals surface area contributed by atoms with Gasteiger partial charge in [-0.15, -0.1) is 0 Å². The second kappa shape index (κ2) is 5.52. The molecular weight excluding hydrogens is 256 g/mol. The largest absolute Gasteiger partial charge is 0.506 e. The number of benzene rings is 2. The molecule has 20 heavy (non-hydrogen) atoms. The maximum absolute atomic E-state index is 12.2. The normalized spacial score (nSPS) is 10.1. The van der Waals surface area contributed by atoms with Gasteiger partial charge in [0, 0.05) is 17.3 Å². The number of amides is 1. The number of carbonyl (C=O) groups is 1. The van der Waals surface area contributed by atoms with Gasteiger partial charge in [0.1, 0.15) is 11.5 Å². The third kappa shape index (κ3) is 2.66. The third-order valence-corrected chi connectivity index (χ3v) is 3.07. The van der Waals surface area contributed by atoms with Crippen LogP contribution in [-0.2, 0) is 0 Å². The fourth-order valence-corrected chi connectivity index (χ4v) is 1.83. The van der Waals surface area contributed by atoms with Gasteiger partial charge in [-0.3, -0.25) is 4.79 Å². The molecule has 0 spiro atoms. The molecule has 1 amide bonds. The highest BCUT2D eigenvalue weighted by Gasteiger charge is 2.13. The molecule has 0 aliphatic heterocycles. The van der Waals surface area contributed by atoms with E-state index in [4.69, 9.17) is 10.5 Å². The van der Waals surface area contributed by atoms with E-state index in [0.717, 1.165) is 0 Å². The molecule has 0 saturated carbocycles. The van der Waals surface area contributed by atoms with Crippen LogP contribution in [0.5, 0.6) is 11.5 Å². The number of rotatable bonds is 3. The minimum absolute atomic E-state index is 0.0271. The lowest BCUT2D eigenvalue weighted by Gasteiger charge is -2.11. The van der Waals surface area contributed by atoms with E-state index < -0.39 is 0 Å². The predicted octanol–water partition coefficient (Wildman–Crippen LogP) is 2.54. The quantitative estimate of drug-likeness (QED) is 0.592. The number of anilines is 2. The number of carbonyl (C=O) groups excluding carboxylic acids is 1. The predicted molar refractivity (Wildman–Crippen MR) is 78.2 cm³/mol. The highest BCUT2D eigenvalue weighted by molar-refractivity contribution is 6.06. The van der Waals surface area contributed by atoms with E-state index in [1.807, 2.05) is 0 Å². The number of methoxy groups -OCH3 is 1. The van der Waals surface area contributed by atoms with Gasteiger partial charge in [-0.05, 0) is 36.8 Å². The fourth-order valence-electron chi connectivity index (χ4n) is 1.83. The Morgan fingerprint density at radius 1 is 1.30 bits per heavy atom. The number of hydrogen-bond acceptors (Lipinski definition) is 4. The first-order valence-electron chi connectivity index (χ1n) is 6.06. The average molecular weight is 272 g/mol. The van der Waals surface area contributed by atoms with Crippen LogP contribution in [0.3, 0.4) is 0 Å². The number of phenols is 1. The molecule has 0 bridgehead atoms. The van der Waals surface area contributed by atoms with Crippen molar-refractivity contribution in [3.8, 4) is 11.5 Å². The maximum Gasteiger partial charge on any atom is 0.256 e. The second-order valence-electron chi connectivity index (χ2n) is 4.36. The fraction of sp³-hybridized carbons (Fsp3) is 0.133. The summed E-state index contributed by atoms with van der Waals surface area (Å²) in [4.78, 5) is 12.2. The summed E-state index contributed by atoms with van der Waals surface area (Å²) in [6.45, 7) is 1.77. The van der Waals surface area contributed by atoms with Crippen molar-refractivity contribution < 1.29 is 14.6 Å². The molecule has 104 valence electrons. The molecule has 5 nitrogen and oxygen atoms in total. The van der Waals surface area contributed by atoms with Crippen LogP contribution in [0.1, 0.15) is 15.9 Å². The van der Waals surface area contributed by atoms with E-state index in [0.29, 0.717) is 22.6 Å². The third-order valence-electron chi connectivity index (χ3n) is 3.07. The van der Waals surface area contributed by atoms with Crippen molar-refractivity contribution in [3.63, 3.8) is 0 Å². The Bertz CT molecular complexity index is 654. The molecule has 5 heteroatoms. The monoisotopic (exact) mass is 272 g/mol. The van der Waals surface area contributed by atoms with Crippen LogP contribution in [0.25, 0.3) is 0 Å². The SMILES string of the molecule is COc1ccc(O)c(NC(=O)c2cccc(N)c2C)c1. The molecule has 0 heterocycles. The number of nitrogens with two attached hydrogens (primary N) is 1. The average Bonchev–Trinajstić information content (AvgIpc) is 2.44. The van der Waals surface area contributed by atoms with Crippen molar-refractivity contribution in [1.82, 2.24) is 0 Å². The van der Waals surface area contributed by atoms with Crippen molar-refractivity contribution in [1.29, 1.82) is 0 Å². The molecule has 0 aliphatic rings. The Labute approximate surface area is 117 Å². The van der Waals surface area contributed by atoms with E-state index >= 15 is 0 Å². The van der Waals surface area contributed by atoms with Crippen molar-refractivity contribution >= 4 is 17.3 Å². The minimum Gasteiger partial charge on any atom is -0.506 e. The molecule has 0 unspecified atom stereocenters. The van der Waals surface area contributed by atoms with Crippen LogP contribution in [-0.4, -0.2) is 18.1 Å². The first-order chi connectivity index (χ1) is 9.52. The van der Waals surface area contributed by atoms with Gasteiger partial charge >= 0.3 is 0 Å². The van der Waals surface area contributed by atoms with Crippen molar-refractivity contribution in [2.24, 2.45) is 0 Å². The first kappa shape index (κ1) is 13.7. The van der Waals surface area contributed by atoms with Gasteiger partial charge in [0.15, 0.2) is 0 Å². The second-order valence-corrected chi connectivity index (χ2v) is 4.36. The standard InChI is InChI=1S/C15H16N2O3/c1-9-11(4-3-5-12(9)16)15(19)17-13-8-10(20-2)6-7-14(13)18/h3-8,18H,16H2,1-2H3,(H,17,19). The Morgan fingerprint density at radius 2 is 2.05 bits per heavy atom. The van der Waals surface area contributed by atoms with Gasteiger partial charge in [0.25, 0.3) is 5.91 Å². The van der Waals surface area contributed by atoms with E-state index in [9.17, 15) is 9.90 Å². The minimum atomic E-state index is -0.335. The Kier molecular flexibility index (Phi) is 3.79. The smallest absolute Gasteiger partial charge is 0.256 e. The molecule has 0 aromatic heterocycles. The van der Waals surface area contributed by atoms with Crippen molar-refractivity contribution in [2.45, 2.75) is 6.92 Å². The molecule has 0 saturated heterocycles. The van der Waals surface area contributed by atoms with Crippen molar-refractivity contribution in [2.75, 3.05) is 18.2 Å². The van der Waals surface area contributed by atoms with Crippen LogP contribution in [0.15, 0.2) is 36.4 Å². The molecule has 0 aliphatic carbocycles. The number of hydrogen-bond donors (Lipinski definition) is 3. The molecule has 2 aromatic rings. The zero-order chi connectivity index (χ0) is 14.7. The summed E-state index contributed by atoms with van der Waals surface area (Å²) in [5.41, 5.74) is 7.78. The summed E-state index contributed by atoms with van der Waals surface area (Å²) in [7, 11) is 1.51. The van der Waals surface area contributed by atoms with E-state index in [2.05, 4.69) is 5.32 Å². The highest BCUT2D eigenvalue weighted by Crippen LogP contribution is 2.28. The Morgan fingerprint density at radius 3 is 2.75 bits per heavy atom. The summed E-state index contributed by atoms with van der Waals surface area (Å²) in [6, 6.07) is 9.74. The summed E-state index contributed by atoms with van der Waals surface area (Å²) in [5.74, 6) is 0.182. The van der Waals surface area contributed by atoms with Crippen LogP contribution >= 0.6 is 0 Å². The number of nitrogen functional groups attached to an aromatic ring is 1. The Hall–Kier alpha value is -2.69. The molecule has 0 atom stereocenters. The van der Waals surface area contributed by atoms with Gasteiger partial charge < -0.3 is 20.9 Å². The lowest BCUT2D eigenvalue weighted by Crippen LogP contribution is -2.14. The molecular formula is C15H16N2O3. The topological polar surface area (TPSA) is 84.6 Å². The first-order valence-corrected chi connectivity index (χ1v) is 6.06. The zero-order valence-electron chi connectivity index (χ0n) is 11.3. The van der Waals surface area contributed by atoms with Gasteiger partial charge in [-0.25, -0.2) is 0 Å². The Balaban J connectivity index is 2.30. The molecule has 2 aromatic carbocycles. The van der Waals surface area contributed by atoms with Crippen LogP contribution in [0.4, 0.5) is 11.4 Å². The molecule has 0 fully saturated rings. The van der Waals surface area contributed by atoms with Gasteiger partial charge in [-0.2, -0.15) is 0 Å². The molecule has 2 rings (SSSR count). The van der Waals surface area contributed by atoms with E-state index in [1.165, 1.54) is 13.2 Å². The summed E-state index contributed by atoms with van der Waals surface area (Å²) >= 11 is 0. The van der Waals surface area contributed by atoms with Gasteiger partial charge in [0.2, 0.25) is 0 Å². The van der Waals surface area contributed by atoms with Gasteiger partial charge in [0.05, 0.1) is 12.8 Å². The number of nitrogens with one attached hydrogen (secondary N) is 1. The number of aromatic hydroxyl groups is 1. The molecule has 4 N–H and O–H groups in total. The lowest BCUT2D eigenvalue weighted by atomic mass is 10.1. The summed E-state index contributed by atoms with van der Waals surface area (Å²) < 4.78 is 5.06. The van der Waals surface area contributed by atoms with Crippen LogP contribution in [0.2, 0.25) is 0 Å². The van der Waals surface area contributed by atoms with Crippen molar-refractivity contribution in [3.05, 3.63) is 47.5 Å². The van der Waals surface area contributed by atoms with E-state index in [1.54, 1.807) is 37.3 Å². The van der Waals surface area contributed by atoms with Gasteiger partial charge in [-0.1, -0.05) is 6.07 Å². The highest BCUT2D eigenvalue weighted by atomic mass is 16.5. The number of ether oxygens (including phenoxy) is 1. The zero-order valence-corrected chi connectivity index (χ0v) is 11.3. The van der Waals surface area contributed by atoms with Crippen LogP contribution in [0, 0.1) is 6.92 Å².